The van der Waals surface area contributed by atoms with E-state index in [-0.39, 0.29) is 12.9 Å². The number of benzene rings is 1. The van der Waals surface area contributed by atoms with Gasteiger partial charge in [0.25, 0.3) is 12.9 Å². The van der Waals surface area contributed by atoms with Crippen molar-refractivity contribution in [1.82, 2.24) is 14.7 Å². The van der Waals surface area contributed by atoms with Crippen molar-refractivity contribution in [3.63, 3.8) is 0 Å². The minimum absolute atomic E-state index is 0.250. The predicted molar refractivity (Wildman–Crippen MR) is 124 cm³/mol. The number of likely N-dealkylation sites (N-methyl/N-ethyl adjacent to an activating group) is 1. The molecule has 32 heavy (non-hydrogen) atoms. The third kappa shape index (κ3) is 7.85. The summed E-state index contributed by atoms with van der Waals surface area (Å²) in [6.07, 6.45) is 6.27. The van der Waals surface area contributed by atoms with Crippen molar-refractivity contribution in [2.75, 3.05) is 59.5 Å². The lowest BCUT2D eigenvalue weighted by Crippen LogP contribution is -2.65. The summed E-state index contributed by atoms with van der Waals surface area (Å²) in [7, 11) is 2.33. The summed E-state index contributed by atoms with van der Waals surface area (Å²) in [5.41, 5.74) is 1.84. The molecule has 1 aromatic carbocycles. The molecule has 3 heterocycles. The van der Waals surface area contributed by atoms with Crippen LogP contribution in [0.2, 0.25) is 0 Å². The maximum absolute atomic E-state index is 8.36. The highest BCUT2D eigenvalue weighted by atomic mass is 16.5. The highest BCUT2D eigenvalue weighted by molar-refractivity contribution is 5.33. The molecule has 3 aliphatic heterocycles. The molecule has 3 fully saturated rings. The van der Waals surface area contributed by atoms with Crippen LogP contribution in [0.25, 0.3) is 0 Å². The number of carbonyl (C=O) groups is 2. The molecule has 4 rings (SSSR count). The SMILES string of the molecule is CN1CCN(C2CCN(CCc3ccccc3)CC2)CC12CCOCC2.O=CO.O=CO. The molecule has 8 nitrogen and oxygen atoms in total. The molecular formula is C24H39N3O5. The monoisotopic (exact) mass is 449 g/mol. The molecule has 0 saturated carbocycles. The molecule has 0 unspecified atom stereocenters. The van der Waals surface area contributed by atoms with Gasteiger partial charge in [-0.25, -0.2) is 0 Å². The number of nitrogens with zero attached hydrogens (tertiary/aromatic N) is 3. The van der Waals surface area contributed by atoms with E-state index in [1.807, 2.05) is 0 Å². The van der Waals surface area contributed by atoms with Crippen LogP contribution in [0.15, 0.2) is 30.3 Å². The molecule has 2 N–H and O–H groups in total. The first-order chi connectivity index (χ1) is 15.6. The van der Waals surface area contributed by atoms with Gasteiger partial charge in [-0.15, -0.1) is 0 Å². The Bertz CT molecular complexity index is 640. The standard InChI is InChI=1S/C22H35N3O.2CH2O2/c1-23-15-16-25(19-22(23)10-17-26-18-11-22)21-8-13-24(14-9-21)12-7-20-5-3-2-4-6-20;2*2-1-3/h2-6,21H,7-19H2,1H3;2*1H,(H,2,3). The molecule has 3 aliphatic rings. The average Bonchev–Trinajstić information content (AvgIpc) is 2.82. The molecule has 180 valence electrons. The second-order valence-electron chi connectivity index (χ2n) is 8.75. The molecule has 0 amide bonds. The maximum Gasteiger partial charge on any atom is 0.290 e. The van der Waals surface area contributed by atoms with Gasteiger partial charge in [0, 0.05) is 51.0 Å². The van der Waals surface area contributed by atoms with E-state index in [1.54, 1.807) is 0 Å². The Morgan fingerprint density at radius 2 is 1.59 bits per heavy atom. The van der Waals surface area contributed by atoms with Gasteiger partial charge in [-0.2, -0.15) is 0 Å². The predicted octanol–water partition coefficient (Wildman–Crippen LogP) is 1.89. The molecule has 1 spiro atoms. The summed E-state index contributed by atoms with van der Waals surface area (Å²) in [6, 6.07) is 11.7. The smallest absolute Gasteiger partial charge is 0.290 e. The van der Waals surface area contributed by atoms with Gasteiger partial charge in [0.1, 0.15) is 0 Å². The van der Waals surface area contributed by atoms with E-state index >= 15 is 0 Å². The first-order valence-electron chi connectivity index (χ1n) is 11.5. The molecule has 8 heteroatoms. The van der Waals surface area contributed by atoms with Gasteiger partial charge in [-0.3, -0.25) is 19.4 Å². The fourth-order valence-electron chi connectivity index (χ4n) is 5.14. The van der Waals surface area contributed by atoms with Crippen molar-refractivity contribution in [2.24, 2.45) is 0 Å². The highest BCUT2D eigenvalue weighted by Crippen LogP contribution is 2.32. The van der Waals surface area contributed by atoms with Gasteiger partial charge in [0.2, 0.25) is 0 Å². The van der Waals surface area contributed by atoms with E-state index in [4.69, 9.17) is 24.5 Å². The van der Waals surface area contributed by atoms with Crippen molar-refractivity contribution in [2.45, 2.75) is 43.7 Å². The lowest BCUT2D eigenvalue weighted by atomic mass is 9.84. The van der Waals surface area contributed by atoms with Crippen molar-refractivity contribution in [3.8, 4) is 0 Å². The molecule has 0 aliphatic carbocycles. The summed E-state index contributed by atoms with van der Waals surface area (Å²) in [6.45, 7) is 8.83. The van der Waals surface area contributed by atoms with E-state index in [1.165, 1.54) is 76.9 Å². The Morgan fingerprint density at radius 3 is 2.19 bits per heavy atom. The summed E-state index contributed by atoms with van der Waals surface area (Å²) < 4.78 is 5.65. The Hall–Kier alpha value is -2.00. The van der Waals surface area contributed by atoms with E-state index in [9.17, 15) is 0 Å². The van der Waals surface area contributed by atoms with Crippen LogP contribution in [0.5, 0.6) is 0 Å². The number of hydrogen-bond acceptors (Lipinski definition) is 6. The topological polar surface area (TPSA) is 93.5 Å². The summed E-state index contributed by atoms with van der Waals surface area (Å²) in [5.74, 6) is 0. The Kier molecular flexibility index (Phi) is 11.7. The van der Waals surface area contributed by atoms with Crippen LogP contribution in [0, 0.1) is 0 Å². The minimum Gasteiger partial charge on any atom is -0.483 e. The fraction of sp³-hybridized carbons (Fsp3) is 0.667. The third-order valence-electron chi connectivity index (χ3n) is 7.09. The van der Waals surface area contributed by atoms with E-state index in [0.717, 1.165) is 19.3 Å². The average molecular weight is 450 g/mol. The summed E-state index contributed by atoms with van der Waals surface area (Å²) in [5, 5.41) is 13.8. The fourth-order valence-corrected chi connectivity index (χ4v) is 5.14. The number of piperazine rings is 1. The van der Waals surface area contributed by atoms with Crippen LogP contribution < -0.4 is 0 Å². The first kappa shape index (κ1) is 26.3. The molecule has 0 radical (unpaired) electrons. The van der Waals surface area contributed by atoms with Crippen LogP contribution in [-0.2, 0) is 20.7 Å². The number of piperidine rings is 1. The first-order valence-corrected chi connectivity index (χ1v) is 11.5. The van der Waals surface area contributed by atoms with Crippen LogP contribution in [-0.4, -0.2) is 109 Å². The number of carboxylic acid groups (broad SMARTS) is 2. The Balaban J connectivity index is 0.000000547. The Labute approximate surface area is 191 Å². The number of likely N-dealkylation sites (tertiary alicyclic amines) is 1. The molecule has 0 aromatic heterocycles. The van der Waals surface area contributed by atoms with Gasteiger partial charge in [0.05, 0.1) is 0 Å². The number of ether oxygens (including phenoxy) is 1. The number of rotatable bonds is 4. The quantitative estimate of drug-likeness (QED) is 0.673. The molecule has 1 aromatic rings. The van der Waals surface area contributed by atoms with Crippen molar-refractivity contribution in [1.29, 1.82) is 0 Å². The normalized spacial score (nSPS) is 22.2. The van der Waals surface area contributed by atoms with Gasteiger partial charge in [-0.1, -0.05) is 30.3 Å². The lowest BCUT2D eigenvalue weighted by Gasteiger charge is -2.53. The largest absolute Gasteiger partial charge is 0.483 e. The zero-order valence-corrected chi connectivity index (χ0v) is 19.3. The molecule has 3 saturated heterocycles. The molecular weight excluding hydrogens is 410 g/mol. The van der Waals surface area contributed by atoms with E-state index in [0.29, 0.717) is 5.54 Å². The summed E-state index contributed by atoms with van der Waals surface area (Å²) >= 11 is 0. The summed E-state index contributed by atoms with van der Waals surface area (Å²) in [4.78, 5) is 24.8. The molecule has 0 atom stereocenters. The zero-order chi connectivity index (χ0) is 23.2. The highest BCUT2D eigenvalue weighted by Gasteiger charge is 2.42. The van der Waals surface area contributed by atoms with Gasteiger partial charge in [-0.05, 0) is 57.8 Å². The van der Waals surface area contributed by atoms with Gasteiger partial charge in [0.15, 0.2) is 0 Å². The second-order valence-corrected chi connectivity index (χ2v) is 8.75. The molecule has 0 bridgehead atoms. The van der Waals surface area contributed by atoms with Crippen LogP contribution in [0.1, 0.15) is 31.2 Å². The maximum atomic E-state index is 8.36. The Morgan fingerprint density at radius 1 is 1.00 bits per heavy atom. The van der Waals surface area contributed by atoms with E-state index in [2.05, 4.69) is 52.1 Å². The van der Waals surface area contributed by atoms with Gasteiger partial charge >= 0.3 is 0 Å². The number of hydrogen-bond donors (Lipinski definition) is 2. The van der Waals surface area contributed by atoms with Gasteiger partial charge < -0.3 is 19.8 Å². The lowest BCUT2D eigenvalue weighted by molar-refractivity contribution is -0.123. The second kappa shape index (κ2) is 14.2. The van der Waals surface area contributed by atoms with Crippen LogP contribution in [0.4, 0.5) is 0 Å². The van der Waals surface area contributed by atoms with E-state index < -0.39 is 0 Å². The minimum atomic E-state index is -0.250. The van der Waals surface area contributed by atoms with Crippen molar-refractivity contribution < 1.29 is 24.5 Å². The van der Waals surface area contributed by atoms with Crippen LogP contribution >= 0.6 is 0 Å². The van der Waals surface area contributed by atoms with Crippen molar-refractivity contribution >= 4 is 12.9 Å². The van der Waals surface area contributed by atoms with Crippen LogP contribution in [0.3, 0.4) is 0 Å². The zero-order valence-electron chi connectivity index (χ0n) is 19.3. The third-order valence-corrected chi connectivity index (χ3v) is 7.09. The van der Waals surface area contributed by atoms with Crippen molar-refractivity contribution in [3.05, 3.63) is 35.9 Å².